The van der Waals surface area contributed by atoms with Crippen LogP contribution < -0.4 is 5.32 Å². The molecule has 0 aromatic carbocycles. The van der Waals surface area contributed by atoms with Crippen LogP contribution in [0.25, 0.3) is 0 Å². The molecule has 1 atom stereocenters. The fourth-order valence-electron chi connectivity index (χ4n) is 2.27. The summed E-state index contributed by atoms with van der Waals surface area (Å²) >= 11 is 0. The van der Waals surface area contributed by atoms with E-state index >= 15 is 0 Å². The van der Waals surface area contributed by atoms with Crippen molar-refractivity contribution in [2.24, 2.45) is 5.92 Å². The number of hydrogen-bond donors (Lipinski definition) is 1. The lowest BCUT2D eigenvalue weighted by Crippen LogP contribution is -2.42. The molecule has 2 nitrogen and oxygen atoms in total. The topological polar surface area (TPSA) is 15.3 Å². The van der Waals surface area contributed by atoms with E-state index in [-0.39, 0.29) is 0 Å². The van der Waals surface area contributed by atoms with Crippen molar-refractivity contribution in [3.05, 3.63) is 0 Å². The van der Waals surface area contributed by atoms with Gasteiger partial charge in [-0.05, 0) is 33.0 Å². The summed E-state index contributed by atoms with van der Waals surface area (Å²) in [4.78, 5) is 2.28. The molecule has 0 amide bonds. The number of hydrogen-bond acceptors (Lipinski definition) is 2. The van der Waals surface area contributed by atoms with Crippen LogP contribution in [0.15, 0.2) is 0 Å². The molecule has 1 N–H and O–H groups in total. The van der Waals surface area contributed by atoms with Gasteiger partial charge in [0.25, 0.3) is 0 Å². The molecule has 0 aliphatic heterocycles. The molecule has 0 rings (SSSR count). The van der Waals surface area contributed by atoms with E-state index in [1.54, 1.807) is 0 Å². The Kier molecular flexibility index (Phi) is 11.9. The molecule has 18 heavy (non-hydrogen) atoms. The highest BCUT2D eigenvalue weighted by atomic mass is 15.1. The highest BCUT2D eigenvalue weighted by Gasteiger charge is 2.12. The first kappa shape index (κ1) is 17.9. The summed E-state index contributed by atoms with van der Waals surface area (Å²) in [5.74, 6) is 0.719. The van der Waals surface area contributed by atoms with Gasteiger partial charge in [-0.1, -0.05) is 59.3 Å². The molecule has 0 aromatic heterocycles. The van der Waals surface area contributed by atoms with E-state index in [9.17, 15) is 0 Å². The van der Waals surface area contributed by atoms with Crippen molar-refractivity contribution < 1.29 is 0 Å². The largest absolute Gasteiger partial charge is 0.312 e. The molecule has 0 radical (unpaired) electrons. The summed E-state index contributed by atoms with van der Waals surface area (Å²) < 4.78 is 0. The highest BCUT2D eigenvalue weighted by Crippen LogP contribution is 2.07. The molecule has 0 aliphatic rings. The van der Waals surface area contributed by atoms with Gasteiger partial charge in [-0.25, -0.2) is 0 Å². The maximum Gasteiger partial charge on any atom is 0.0217 e. The van der Waals surface area contributed by atoms with Gasteiger partial charge in [0.15, 0.2) is 0 Å². The van der Waals surface area contributed by atoms with Crippen LogP contribution in [0.1, 0.15) is 65.7 Å². The quantitative estimate of drug-likeness (QED) is 0.533. The molecule has 0 saturated carbocycles. The van der Waals surface area contributed by atoms with Crippen molar-refractivity contribution in [2.75, 3.05) is 27.2 Å². The van der Waals surface area contributed by atoms with Crippen molar-refractivity contribution in [1.29, 1.82) is 0 Å². The Labute approximate surface area is 116 Å². The van der Waals surface area contributed by atoms with Gasteiger partial charge in [0.2, 0.25) is 0 Å². The summed E-state index contributed by atoms with van der Waals surface area (Å²) in [5, 5.41) is 3.71. The van der Waals surface area contributed by atoms with Crippen molar-refractivity contribution in [2.45, 2.75) is 71.8 Å². The van der Waals surface area contributed by atoms with E-state index in [4.69, 9.17) is 0 Å². The average molecular weight is 256 g/mol. The molecule has 0 bridgehead atoms. The first-order valence-corrected chi connectivity index (χ1v) is 7.96. The van der Waals surface area contributed by atoms with E-state index in [2.05, 4.69) is 45.1 Å². The zero-order valence-electron chi connectivity index (χ0n) is 13.5. The predicted octanol–water partition coefficient (Wildman–Crippen LogP) is 3.91. The van der Waals surface area contributed by atoms with Crippen LogP contribution in [-0.2, 0) is 0 Å². The zero-order valence-corrected chi connectivity index (χ0v) is 13.5. The Balaban J connectivity index is 3.44. The Hall–Kier alpha value is -0.0800. The Morgan fingerprint density at radius 3 is 1.94 bits per heavy atom. The molecule has 0 heterocycles. The van der Waals surface area contributed by atoms with E-state index in [0.717, 1.165) is 12.5 Å². The SMILES string of the molecule is CCCCCCCCCNC(CN(C)C)C(C)C. The number of nitrogens with one attached hydrogen (secondary N) is 1. The lowest BCUT2D eigenvalue weighted by molar-refractivity contribution is 0.288. The van der Waals surface area contributed by atoms with Crippen molar-refractivity contribution in [3.8, 4) is 0 Å². The van der Waals surface area contributed by atoms with Crippen molar-refractivity contribution >= 4 is 0 Å². The number of rotatable bonds is 12. The van der Waals surface area contributed by atoms with Gasteiger partial charge in [-0.2, -0.15) is 0 Å². The number of nitrogens with zero attached hydrogens (tertiary/aromatic N) is 1. The molecule has 0 saturated heterocycles. The van der Waals surface area contributed by atoms with Crippen LogP contribution in [0.4, 0.5) is 0 Å². The molecule has 0 spiro atoms. The lowest BCUT2D eigenvalue weighted by atomic mass is 10.0. The first-order chi connectivity index (χ1) is 8.57. The van der Waals surface area contributed by atoms with Crippen molar-refractivity contribution in [3.63, 3.8) is 0 Å². The predicted molar refractivity (Wildman–Crippen MR) is 83.2 cm³/mol. The van der Waals surface area contributed by atoms with Crippen LogP contribution in [-0.4, -0.2) is 38.1 Å². The molecule has 110 valence electrons. The molecule has 0 aliphatic carbocycles. The van der Waals surface area contributed by atoms with Gasteiger partial charge in [0, 0.05) is 12.6 Å². The normalized spacial score (nSPS) is 13.5. The van der Waals surface area contributed by atoms with Gasteiger partial charge in [-0.3, -0.25) is 0 Å². The summed E-state index contributed by atoms with van der Waals surface area (Å²) in [6.07, 6.45) is 9.77. The molecule has 0 aromatic rings. The zero-order chi connectivity index (χ0) is 13.8. The van der Waals surface area contributed by atoms with E-state index in [1.165, 1.54) is 51.5 Å². The van der Waals surface area contributed by atoms with Crippen LogP contribution >= 0.6 is 0 Å². The van der Waals surface area contributed by atoms with Gasteiger partial charge in [-0.15, -0.1) is 0 Å². The summed E-state index contributed by atoms with van der Waals surface area (Å²) in [5.41, 5.74) is 0. The molecular weight excluding hydrogens is 220 g/mol. The minimum atomic E-state index is 0.639. The minimum Gasteiger partial charge on any atom is -0.312 e. The maximum absolute atomic E-state index is 3.71. The molecule has 1 unspecified atom stereocenters. The summed E-state index contributed by atoms with van der Waals surface area (Å²) in [7, 11) is 4.32. The average Bonchev–Trinajstić information content (AvgIpc) is 2.30. The van der Waals surface area contributed by atoms with E-state index in [0.29, 0.717) is 6.04 Å². The monoisotopic (exact) mass is 256 g/mol. The third-order valence-electron chi connectivity index (χ3n) is 3.55. The fourth-order valence-corrected chi connectivity index (χ4v) is 2.27. The summed E-state index contributed by atoms with van der Waals surface area (Å²) in [6, 6.07) is 0.639. The maximum atomic E-state index is 3.71. The smallest absolute Gasteiger partial charge is 0.0217 e. The second-order valence-corrected chi connectivity index (χ2v) is 6.19. The van der Waals surface area contributed by atoms with Crippen molar-refractivity contribution in [1.82, 2.24) is 10.2 Å². The number of unbranched alkanes of at least 4 members (excludes halogenated alkanes) is 6. The molecule has 0 fully saturated rings. The van der Waals surface area contributed by atoms with Crippen LogP contribution in [0.5, 0.6) is 0 Å². The van der Waals surface area contributed by atoms with Crippen LogP contribution in [0.3, 0.4) is 0 Å². The molecule has 2 heteroatoms. The van der Waals surface area contributed by atoms with Crippen LogP contribution in [0, 0.1) is 5.92 Å². The van der Waals surface area contributed by atoms with Gasteiger partial charge in [0.05, 0.1) is 0 Å². The van der Waals surface area contributed by atoms with Gasteiger partial charge < -0.3 is 10.2 Å². The van der Waals surface area contributed by atoms with Crippen LogP contribution in [0.2, 0.25) is 0 Å². The summed E-state index contributed by atoms with van der Waals surface area (Å²) in [6.45, 7) is 9.23. The molecular formula is C16H36N2. The fraction of sp³-hybridized carbons (Fsp3) is 1.00. The Morgan fingerprint density at radius 2 is 1.44 bits per heavy atom. The third kappa shape index (κ3) is 11.0. The lowest BCUT2D eigenvalue weighted by Gasteiger charge is -2.25. The van der Waals surface area contributed by atoms with Gasteiger partial charge >= 0.3 is 0 Å². The second-order valence-electron chi connectivity index (χ2n) is 6.19. The minimum absolute atomic E-state index is 0.639. The van der Waals surface area contributed by atoms with Gasteiger partial charge in [0.1, 0.15) is 0 Å². The highest BCUT2D eigenvalue weighted by molar-refractivity contribution is 4.72. The standard InChI is InChI=1S/C16H36N2/c1-6-7-8-9-10-11-12-13-17-16(15(2)3)14-18(4)5/h15-17H,6-14H2,1-5H3. The second kappa shape index (κ2) is 12.0. The van der Waals surface area contributed by atoms with E-state index < -0.39 is 0 Å². The Morgan fingerprint density at radius 1 is 0.889 bits per heavy atom. The Bertz CT molecular complexity index is 166. The van der Waals surface area contributed by atoms with E-state index in [1.807, 2.05) is 0 Å². The first-order valence-electron chi connectivity index (χ1n) is 7.96. The third-order valence-corrected chi connectivity index (χ3v) is 3.55. The number of likely N-dealkylation sites (N-methyl/N-ethyl adjacent to an activating group) is 1.